The second-order valence-electron chi connectivity index (χ2n) is 3.29. The van der Waals surface area contributed by atoms with Gasteiger partial charge in [-0.25, -0.2) is 4.72 Å². The van der Waals surface area contributed by atoms with E-state index in [1.165, 1.54) is 7.11 Å². The highest BCUT2D eigenvalue weighted by molar-refractivity contribution is 7.88. The summed E-state index contributed by atoms with van der Waals surface area (Å²) in [4.78, 5) is 11.4. The molecule has 6 nitrogen and oxygen atoms in total. The Bertz CT molecular complexity index is 509. The average Bonchev–Trinajstić information content (AvgIpc) is 2.52. The summed E-state index contributed by atoms with van der Waals surface area (Å²) in [5.74, 6) is 0.0650. The van der Waals surface area contributed by atoms with Crippen LogP contribution in [0.4, 0.5) is 0 Å². The number of amides is 1. The van der Waals surface area contributed by atoms with E-state index in [1.807, 2.05) is 4.72 Å². The molecule has 7 heteroatoms. The fraction of sp³-hybridized carbons (Fsp3) is 0.222. The molecule has 1 aliphatic heterocycles. The molecule has 86 valence electrons. The van der Waals surface area contributed by atoms with E-state index in [2.05, 4.69) is 4.72 Å². The molecule has 2 N–H and O–H groups in total. The molecule has 0 aromatic heterocycles. The standard InChI is InChI=1S/C9H10N2O4S/c1-15-7-4-2-6(3-5-7)8-9(12)11-16(13,14)10-8/h2-5,8,10H,1H3,(H,11,12). The van der Waals surface area contributed by atoms with Gasteiger partial charge in [0.2, 0.25) is 0 Å². The number of carbonyl (C=O) groups is 1. The molecule has 2 rings (SSSR count). The van der Waals surface area contributed by atoms with Gasteiger partial charge < -0.3 is 4.74 Å². The number of ether oxygens (including phenoxy) is 1. The van der Waals surface area contributed by atoms with Crippen LogP contribution in [0.3, 0.4) is 0 Å². The van der Waals surface area contributed by atoms with Crippen LogP contribution in [0.25, 0.3) is 0 Å². The summed E-state index contributed by atoms with van der Waals surface area (Å²) in [5.41, 5.74) is 0.569. The van der Waals surface area contributed by atoms with Crippen LogP contribution in [0.15, 0.2) is 24.3 Å². The maximum Gasteiger partial charge on any atom is 0.302 e. The molecule has 0 bridgehead atoms. The normalized spacial score (nSPS) is 22.8. The lowest BCUT2D eigenvalue weighted by atomic mass is 10.1. The first-order valence-electron chi connectivity index (χ1n) is 4.50. The summed E-state index contributed by atoms with van der Waals surface area (Å²) in [6, 6.07) is 5.73. The van der Waals surface area contributed by atoms with Crippen molar-refractivity contribution >= 4 is 16.1 Å². The highest BCUT2D eigenvalue weighted by atomic mass is 32.2. The molecule has 1 amide bonds. The second kappa shape index (κ2) is 3.76. The van der Waals surface area contributed by atoms with Crippen molar-refractivity contribution in [1.29, 1.82) is 0 Å². The summed E-state index contributed by atoms with van der Waals surface area (Å²) in [6.45, 7) is 0. The zero-order valence-electron chi connectivity index (χ0n) is 8.43. The van der Waals surface area contributed by atoms with E-state index in [4.69, 9.17) is 4.74 Å². The molecule has 1 unspecified atom stereocenters. The molecule has 1 atom stereocenters. The highest BCUT2D eigenvalue weighted by Gasteiger charge is 2.35. The fourth-order valence-corrected chi connectivity index (χ4v) is 2.44. The van der Waals surface area contributed by atoms with Crippen LogP contribution in [-0.4, -0.2) is 21.4 Å². The van der Waals surface area contributed by atoms with Gasteiger partial charge in [-0.1, -0.05) is 12.1 Å². The van der Waals surface area contributed by atoms with Crippen LogP contribution >= 0.6 is 0 Å². The Hall–Kier alpha value is -1.60. The van der Waals surface area contributed by atoms with Gasteiger partial charge in [-0.2, -0.15) is 13.1 Å². The van der Waals surface area contributed by atoms with Gasteiger partial charge in [0.15, 0.2) is 0 Å². The minimum atomic E-state index is -3.69. The first kappa shape index (κ1) is 10.9. The number of hydrogen-bond acceptors (Lipinski definition) is 4. The number of hydrogen-bond donors (Lipinski definition) is 2. The van der Waals surface area contributed by atoms with Gasteiger partial charge in [-0.15, -0.1) is 0 Å². The number of benzene rings is 1. The van der Waals surface area contributed by atoms with Gasteiger partial charge in [0, 0.05) is 0 Å². The zero-order valence-corrected chi connectivity index (χ0v) is 9.24. The molecule has 1 aliphatic rings. The third kappa shape index (κ3) is 2.00. The maximum absolute atomic E-state index is 11.4. The van der Waals surface area contributed by atoms with Crippen molar-refractivity contribution in [1.82, 2.24) is 9.44 Å². The molecular formula is C9H10N2O4S. The van der Waals surface area contributed by atoms with Gasteiger partial charge in [-0.3, -0.25) is 4.79 Å². The molecule has 0 radical (unpaired) electrons. The van der Waals surface area contributed by atoms with E-state index in [9.17, 15) is 13.2 Å². The predicted molar refractivity (Wildman–Crippen MR) is 55.9 cm³/mol. The Morgan fingerprint density at radius 3 is 2.31 bits per heavy atom. The van der Waals surface area contributed by atoms with Crippen molar-refractivity contribution < 1.29 is 17.9 Å². The van der Waals surface area contributed by atoms with E-state index in [1.54, 1.807) is 24.3 Å². The quantitative estimate of drug-likeness (QED) is 0.745. The van der Waals surface area contributed by atoms with E-state index >= 15 is 0 Å². The van der Waals surface area contributed by atoms with Gasteiger partial charge in [0.1, 0.15) is 11.8 Å². The molecule has 1 fully saturated rings. The molecule has 1 aromatic rings. The smallest absolute Gasteiger partial charge is 0.302 e. The lowest BCUT2D eigenvalue weighted by Gasteiger charge is -2.06. The van der Waals surface area contributed by atoms with Crippen LogP contribution in [0, 0.1) is 0 Å². The number of carbonyl (C=O) groups excluding carboxylic acids is 1. The zero-order chi connectivity index (χ0) is 11.8. The molecule has 16 heavy (non-hydrogen) atoms. The largest absolute Gasteiger partial charge is 0.497 e. The van der Waals surface area contributed by atoms with Crippen molar-refractivity contribution in [2.45, 2.75) is 6.04 Å². The Morgan fingerprint density at radius 2 is 1.88 bits per heavy atom. The van der Waals surface area contributed by atoms with Crippen LogP contribution in [0.2, 0.25) is 0 Å². The molecule has 1 aromatic carbocycles. The van der Waals surface area contributed by atoms with E-state index in [0.29, 0.717) is 11.3 Å². The molecule has 1 heterocycles. The summed E-state index contributed by atoms with van der Waals surface area (Å²) in [5, 5.41) is 0. The fourth-order valence-electron chi connectivity index (χ4n) is 1.45. The maximum atomic E-state index is 11.4. The molecule has 0 aliphatic carbocycles. The summed E-state index contributed by atoms with van der Waals surface area (Å²) in [7, 11) is -2.16. The lowest BCUT2D eigenvalue weighted by Crippen LogP contribution is -2.24. The summed E-state index contributed by atoms with van der Waals surface area (Å²) >= 11 is 0. The Labute approximate surface area is 92.8 Å². The molecule has 0 spiro atoms. The van der Waals surface area contributed by atoms with Crippen LogP contribution in [0.5, 0.6) is 5.75 Å². The predicted octanol–water partition coefficient (Wildman–Crippen LogP) is -0.300. The third-order valence-corrected chi connectivity index (χ3v) is 3.24. The van der Waals surface area contributed by atoms with Crippen molar-refractivity contribution in [2.24, 2.45) is 0 Å². The SMILES string of the molecule is COc1ccc(C2NS(=O)(=O)NC2=O)cc1. The molecule has 1 saturated heterocycles. The summed E-state index contributed by atoms with van der Waals surface area (Å²) < 4.78 is 31.2. The Morgan fingerprint density at radius 1 is 1.25 bits per heavy atom. The average molecular weight is 242 g/mol. The van der Waals surface area contributed by atoms with E-state index < -0.39 is 22.2 Å². The first-order chi connectivity index (χ1) is 7.52. The van der Waals surface area contributed by atoms with Crippen molar-refractivity contribution in [3.8, 4) is 5.75 Å². The number of rotatable bonds is 2. The van der Waals surface area contributed by atoms with Crippen molar-refractivity contribution in [3.63, 3.8) is 0 Å². The monoisotopic (exact) mass is 242 g/mol. The number of methoxy groups -OCH3 is 1. The van der Waals surface area contributed by atoms with Crippen LogP contribution < -0.4 is 14.2 Å². The van der Waals surface area contributed by atoms with Gasteiger partial charge >= 0.3 is 10.2 Å². The minimum Gasteiger partial charge on any atom is -0.497 e. The third-order valence-electron chi connectivity index (χ3n) is 2.22. The van der Waals surface area contributed by atoms with E-state index in [0.717, 1.165) is 0 Å². The van der Waals surface area contributed by atoms with Gasteiger partial charge in [0.25, 0.3) is 5.91 Å². The van der Waals surface area contributed by atoms with Crippen molar-refractivity contribution in [2.75, 3.05) is 7.11 Å². The number of nitrogens with one attached hydrogen (secondary N) is 2. The first-order valence-corrected chi connectivity index (χ1v) is 5.98. The van der Waals surface area contributed by atoms with Gasteiger partial charge in [-0.05, 0) is 17.7 Å². The minimum absolute atomic E-state index is 0.569. The van der Waals surface area contributed by atoms with E-state index in [-0.39, 0.29) is 0 Å². The summed E-state index contributed by atoms with van der Waals surface area (Å²) in [6.07, 6.45) is 0. The van der Waals surface area contributed by atoms with Gasteiger partial charge in [0.05, 0.1) is 7.11 Å². The Kier molecular flexibility index (Phi) is 2.56. The topological polar surface area (TPSA) is 84.5 Å². The lowest BCUT2D eigenvalue weighted by molar-refractivity contribution is -0.120. The second-order valence-corrected chi connectivity index (χ2v) is 4.74. The Balaban J connectivity index is 2.28. The van der Waals surface area contributed by atoms with Crippen molar-refractivity contribution in [3.05, 3.63) is 29.8 Å². The highest BCUT2D eigenvalue weighted by Crippen LogP contribution is 2.21. The van der Waals surface area contributed by atoms with Crippen LogP contribution in [-0.2, 0) is 15.0 Å². The van der Waals surface area contributed by atoms with Crippen LogP contribution in [0.1, 0.15) is 11.6 Å². The molecular weight excluding hydrogens is 232 g/mol. The molecule has 0 saturated carbocycles.